The number of aryl methyl sites for hydroxylation is 4. The summed E-state index contributed by atoms with van der Waals surface area (Å²) in [7, 11) is 3.63. The molecule has 0 bridgehead atoms. The Morgan fingerprint density at radius 2 is 2.06 bits per heavy atom. The number of nitrogens with one attached hydrogen (secondary N) is 1. The number of hydrogen-bond acceptors (Lipinski definition) is 6. The summed E-state index contributed by atoms with van der Waals surface area (Å²) < 4.78 is 23.0. The largest absolute Gasteiger partial charge is 0.466 e. The van der Waals surface area contributed by atoms with Crippen molar-refractivity contribution in [3.05, 3.63) is 53.7 Å². The van der Waals surface area contributed by atoms with Gasteiger partial charge in [0.25, 0.3) is 5.91 Å². The number of pyridine rings is 1. The second kappa shape index (κ2) is 8.38. The molecule has 0 aliphatic rings. The minimum absolute atomic E-state index is 0.275. The van der Waals surface area contributed by atoms with Crippen LogP contribution in [0.25, 0.3) is 11.0 Å². The lowest BCUT2D eigenvalue weighted by Crippen LogP contribution is -2.21. The van der Waals surface area contributed by atoms with E-state index in [1.54, 1.807) is 24.0 Å². The van der Waals surface area contributed by atoms with Crippen LogP contribution in [-0.4, -0.2) is 36.8 Å². The number of anilines is 1. The molecule has 4 aromatic rings. The number of imidazole rings is 1. The van der Waals surface area contributed by atoms with E-state index in [9.17, 15) is 9.18 Å². The number of carbonyl (C=O) groups excluding carboxylic acids is 1. The molecule has 0 unspecified atom stereocenters. The van der Waals surface area contributed by atoms with Crippen LogP contribution < -0.4 is 10.1 Å². The molecule has 1 aromatic carbocycles. The Balaban J connectivity index is 1.51. The average molecular weight is 441 g/mol. The first-order chi connectivity index (χ1) is 14.8. The Morgan fingerprint density at radius 1 is 1.26 bits per heavy atom. The summed E-state index contributed by atoms with van der Waals surface area (Å²) in [6.45, 7) is 3.58. The number of carbonyl (C=O) groups is 1. The van der Waals surface area contributed by atoms with Crippen molar-refractivity contribution >= 4 is 34.4 Å². The molecule has 10 heteroatoms. The number of fused-ring (bicyclic) bond motifs is 1. The van der Waals surface area contributed by atoms with Crippen LogP contribution in [0.15, 0.2) is 46.7 Å². The first-order valence-electron chi connectivity index (χ1n) is 9.50. The second-order valence-corrected chi connectivity index (χ2v) is 8.12. The van der Waals surface area contributed by atoms with Gasteiger partial charge in [-0.05, 0) is 55.4 Å². The molecule has 1 amide bonds. The third kappa shape index (κ3) is 4.38. The molecule has 0 saturated carbocycles. The number of benzene rings is 1. The third-order valence-corrected chi connectivity index (χ3v) is 5.77. The highest BCUT2D eigenvalue weighted by Gasteiger charge is 2.17. The fourth-order valence-corrected chi connectivity index (χ4v) is 4.08. The maximum Gasteiger partial charge on any atom is 0.262 e. The standard InChI is InChI=1S/C21H21FN6O2S/c1-12-9-13(2)24-19-18(12)20(26-28(19)4)30-11-17(29)25-15-10-14(22)5-6-16(15)31-21-23-7-8-27(21)3/h5-10H,11H2,1-4H3,(H,25,29). The van der Waals surface area contributed by atoms with Crippen molar-refractivity contribution in [2.24, 2.45) is 14.1 Å². The monoisotopic (exact) mass is 440 g/mol. The van der Waals surface area contributed by atoms with Gasteiger partial charge in [-0.3, -0.25) is 4.79 Å². The smallest absolute Gasteiger partial charge is 0.262 e. The second-order valence-electron chi connectivity index (χ2n) is 7.11. The summed E-state index contributed by atoms with van der Waals surface area (Å²) in [5.74, 6) is -0.545. The zero-order valence-electron chi connectivity index (χ0n) is 17.5. The summed E-state index contributed by atoms with van der Waals surface area (Å²) >= 11 is 1.33. The van der Waals surface area contributed by atoms with Gasteiger partial charge >= 0.3 is 0 Å². The molecule has 3 aromatic heterocycles. The van der Waals surface area contributed by atoms with Crippen LogP contribution >= 0.6 is 11.8 Å². The van der Waals surface area contributed by atoms with Crippen molar-refractivity contribution < 1.29 is 13.9 Å². The van der Waals surface area contributed by atoms with Crippen LogP contribution in [0, 0.1) is 19.7 Å². The maximum atomic E-state index is 13.8. The zero-order chi connectivity index (χ0) is 22.1. The first-order valence-corrected chi connectivity index (χ1v) is 10.3. The van der Waals surface area contributed by atoms with E-state index >= 15 is 0 Å². The van der Waals surface area contributed by atoms with Crippen molar-refractivity contribution in [2.75, 3.05) is 11.9 Å². The van der Waals surface area contributed by atoms with Crippen molar-refractivity contribution in [2.45, 2.75) is 23.9 Å². The van der Waals surface area contributed by atoms with Crippen molar-refractivity contribution in [1.82, 2.24) is 24.3 Å². The average Bonchev–Trinajstić information content (AvgIpc) is 3.25. The number of hydrogen-bond donors (Lipinski definition) is 1. The highest BCUT2D eigenvalue weighted by Crippen LogP contribution is 2.33. The van der Waals surface area contributed by atoms with Crippen molar-refractivity contribution in [1.29, 1.82) is 0 Å². The lowest BCUT2D eigenvalue weighted by atomic mass is 10.2. The predicted molar refractivity (Wildman–Crippen MR) is 116 cm³/mol. The molecular formula is C21H21FN6O2S. The maximum absolute atomic E-state index is 13.8. The Labute approximate surface area is 182 Å². The molecule has 0 spiro atoms. The third-order valence-electron chi connectivity index (χ3n) is 4.62. The van der Waals surface area contributed by atoms with Crippen LogP contribution in [0.4, 0.5) is 10.1 Å². The van der Waals surface area contributed by atoms with E-state index in [2.05, 4.69) is 20.4 Å². The summed E-state index contributed by atoms with van der Waals surface area (Å²) in [4.78, 5) is 22.0. The molecule has 4 rings (SSSR count). The Morgan fingerprint density at radius 3 is 2.81 bits per heavy atom. The molecule has 31 heavy (non-hydrogen) atoms. The van der Waals surface area contributed by atoms with Gasteiger partial charge in [0.1, 0.15) is 5.82 Å². The fourth-order valence-electron chi connectivity index (χ4n) is 3.21. The van der Waals surface area contributed by atoms with Gasteiger partial charge in [-0.2, -0.15) is 0 Å². The number of aromatic nitrogens is 5. The number of amides is 1. The molecule has 0 atom stereocenters. The topological polar surface area (TPSA) is 86.9 Å². The zero-order valence-corrected chi connectivity index (χ0v) is 18.3. The highest BCUT2D eigenvalue weighted by molar-refractivity contribution is 7.99. The molecule has 1 N–H and O–H groups in total. The minimum Gasteiger partial charge on any atom is -0.466 e. The molecular weight excluding hydrogens is 419 g/mol. The molecule has 3 heterocycles. The highest BCUT2D eigenvalue weighted by atomic mass is 32.2. The van der Waals surface area contributed by atoms with Crippen LogP contribution in [0.1, 0.15) is 11.3 Å². The van der Waals surface area contributed by atoms with E-state index in [4.69, 9.17) is 4.74 Å². The van der Waals surface area contributed by atoms with E-state index in [-0.39, 0.29) is 6.61 Å². The number of ether oxygens (including phenoxy) is 1. The normalized spacial score (nSPS) is 11.1. The van der Waals surface area contributed by atoms with Gasteiger partial charge in [-0.25, -0.2) is 19.0 Å². The van der Waals surface area contributed by atoms with Gasteiger partial charge in [0.15, 0.2) is 17.4 Å². The van der Waals surface area contributed by atoms with Gasteiger partial charge in [0, 0.05) is 37.1 Å². The number of halogens is 1. The first kappa shape index (κ1) is 20.9. The molecule has 0 radical (unpaired) electrons. The lowest BCUT2D eigenvalue weighted by Gasteiger charge is -2.11. The van der Waals surface area contributed by atoms with Crippen molar-refractivity contribution in [3.63, 3.8) is 0 Å². The number of nitrogens with zero attached hydrogens (tertiary/aromatic N) is 5. The lowest BCUT2D eigenvalue weighted by molar-refractivity contribution is -0.118. The van der Waals surface area contributed by atoms with Gasteiger partial charge in [-0.1, -0.05) is 0 Å². The fraction of sp³-hybridized carbons (Fsp3) is 0.238. The van der Waals surface area contributed by atoms with E-state index in [1.807, 2.05) is 37.7 Å². The van der Waals surface area contributed by atoms with E-state index in [0.29, 0.717) is 22.1 Å². The predicted octanol–water partition coefficient (Wildman–Crippen LogP) is 3.63. The quantitative estimate of drug-likeness (QED) is 0.493. The molecule has 8 nitrogen and oxygen atoms in total. The SMILES string of the molecule is Cc1cc(C)c2c(OCC(=O)Nc3cc(F)ccc3Sc3nccn3C)nn(C)c2n1. The number of rotatable bonds is 6. The molecule has 0 saturated heterocycles. The molecule has 0 aliphatic carbocycles. The summed E-state index contributed by atoms with van der Waals surface area (Å²) in [6.07, 6.45) is 3.49. The van der Waals surface area contributed by atoms with E-state index < -0.39 is 11.7 Å². The Kier molecular flexibility index (Phi) is 5.64. The van der Waals surface area contributed by atoms with Crippen molar-refractivity contribution in [3.8, 4) is 5.88 Å². The Hall–Kier alpha value is -3.40. The van der Waals surface area contributed by atoms with Gasteiger partial charge in [-0.15, -0.1) is 5.10 Å². The summed E-state index contributed by atoms with van der Waals surface area (Å²) in [5, 5.41) is 8.54. The molecule has 160 valence electrons. The van der Waals surface area contributed by atoms with Gasteiger partial charge in [0.2, 0.25) is 5.88 Å². The molecule has 0 aliphatic heterocycles. The van der Waals surface area contributed by atoms with E-state index in [0.717, 1.165) is 21.8 Å². The summed E-state index contributed by atoms with van der Waals surface area (Å²) in [6, 6.07) is 6.16. The minimum atomic E-state index is -0.451. The van der Waals surface area contributed by atoms with Gasteiger partial charge < -0.3 is 14.6 Å². The Bertz CT molecular complexity index is 1280. The van der Waals surface area contributed by atoms with Crippen LogP contribution in [0.5, 0.6) is 5.88 Å². The summed E-state index contributed by atoms with van der Waals surface area (Å²) in [5.41, 5.74) is 2.87. The molecule has 0 fully saturated rings. The van der Waals surface area contributed by atoms with E-state index in [1.165, 1.54) is 23.9 Å². The van der Waals surface area contributed by atoms with Crippen LogP contribution in [-0.2, 0) is 18.9 Å². The van der Waals surface area contributed by atoms with Gasteiger partial charge in [0.05, 0.1) is 11.1 Å². The van der Waals surface area contributed by atoms with Crippen LogP contribution in [0.3, 0.4) is 0 Å². The van der Waals surface area contributed by atoms with Crippen LogP contribution in [0.2, 0.25) is 0 Å².